The standard InChI is InChI=1S/C14H17ClN2O/c15-10-2-3-13-11(8-10)12-9-17(5-1-7-18)6-4-14(12)16-13/h2-3,8,16,18H,1,4-7,9H2. The number of hydrogen-bond donors (Lipinski definition) is 2. The summed E-state index contributed by atoms with van der Waals surface area (Å²) < 4.78 is 0. The van der Waals surface area contributed by atoms with Crippen LogP contribution in [0, 0.1) is 0 Å². The molecule has 2 heterocycles. The van der Waals surface area contributed by atoms with Crippen LogP contribution >= 0.6 is 11.6 Å². The van der Waals surface area contributed by atoms with Crippen molar-refractivity contribution in [1.82, 2.24) is 9.88 Å². The predicted molar refractivity (Wildman–Crippen MR) is 74.0 cm³/mol. The molecule has 0 saturated carbocycles. The van der Waals surface area contributed by atoms with E-state index in [2.05, 4.69) is 9.88 Å². The van der Waals surface area contributed by atoms with Crippen molar-refractivity contribution in [2.75, 3.05) is 19.7 Å². The molecule has 1 aliphatic rings. The number of nitrogens with one attached hydrogen (secondary N) is 1. The van der Waals surface area contributed by atoms with Crippen molar-refractivity contribution < 1.29 is 5.11 Å². The van der Waals surface area contributed by atoms with Gasteiger partial charge in [0.25, 0.3) is 0 Å². The average molecular weight is 265 g/mol. The summed E-state index contributed by atoms with van der Waals surface area (Å²) in [6.07, 6.45) is 1.89. The molecule has 0 fully saturated rings. The van der Waals surface area contributed by atoms with Crippen molar-refractivity contribution >= 4 is 22.5 Å². The molecule has 0 amide bonds. The van der Waals surface area contributed by atoms with E-state index in [-0.39, 0.29) is 6.61 Å². The molecule has 3 rings (SSSR count). The van der Waals surface area contributed by atoms with Crippen LogP contribution in [0.5, 0.6) is 0 Å². The maximum absolute atomic E-state index is 8.91. The minimum Gasteiger partial charge on any atom is -0.396 e. The molecule has 0 unspecified atom stereocenters. The topological polar surface area (TPSA) is 39.3 Å². The Labute approximate surface area is 111 Å². The quantitative estimate of drug-likeness (QED) is 0.894. The van der Waals surface area contributed by atoms with E-state index < -0.39 is 0 Å². The number of aliphatic hydroxyl groups is 1. The van der Waals surface area contributed by atoms with Crippen molar-refractivity contribution in [3.8, 4) is 0 Å². The maximum Gasteiger partial charge on any atom is 0.0460 e. The Kier molecular flexibility index (Phi) is 3.29. The summed E-state index contributed by atoms with van der Waals surface area (Å²) in [5, 5.41) is 10.9. The molecule has 4 heteroatoms. The van der Waals surface area contributed by atoms with Gasteiger partial charge < -0.3 is 10.1 Å². The van der Waals surface area contributed by atoms with Gasteiger partial charge in [0.1, 0.15) is 0 Å². The van der Waals surface area contributed by atoms with Gasteiger partial charge in [0.05, 0.1) is 0 Å². The highest BCUT2D eigenvalue weighted by Crippen LogP contribution is 2.29. The number of halogens is 1. The predicted octanol–water partition coefficient (Wildman–Crippen LogP) is 2.56. The number of benzene rings is 1. The molecular formula is C14H17ClN2O. The zero-order chi connectivity index (χ0) is 12.5. The lowest BCUT2D eigenvalue weighted by Crippen LogP contribution is -2.31. The van der Waals surface area contributed by atoms with Crippen LogP contribution in [0.15, 0.2) is 18.2 Å². The highest BCUT2D eigenvalue weighted by atomic mass is 35.5. The molecular weight excluding hydrogens is 248 g/mol. The monoisotopic (exact) mass is 264 g/mol. The highest BCUT2D eigenvalue weighted by Gasteiger charge is 2.20. The van der Waals surface area contributed by atoms with Gasteiger partial charge in [0.2, 0.25) is 0 Å². The van der Waals surface area contributed by atoms with Gasteiger partial charge in [-0.15, -0.1) is 0 Å². The van der Waals surface area contributed by atoms with Crippen molar-refractivity contribution in [3.05, 3.63) is 34.5 Å². The maximum atomic E-state index is 8.91. The fourth-order valence-corrected chi connectivity index (χ4v) is 2.90. The SMILES string of the molecule is OCCCN1CCc2[nH]c3ccc(Cl)cc3c2C1. The fraction of sp³-hybridized carbons (Fsp3) is 0.429. The third-order valence-corrected chi connectivity index (χ3v) is 3.88. The number of aliphatic hydroxyl groups excluding tert-OH is 1. The number of fused-ring (bicyclic) bond motifs is 3. The van der Waals surface area contributed by atoms with E-state index in [1.54, 1.807) is 0 Å². The number of aromatic nitrogens is 1. The zero-order valence-corrected chi connectivity index (χ0v) is 11.0. The smallest absolute Gasteiger partial charge is 0.0460 e. The Bertz CT molecular complexity index is 564. The largest absolute Gasteiger partial charge is 0.396 e. The number of hydrogen-bond acceptors (Lipinski definition) is 2. The third-order valence-electron chi connectivity index (χ3n) is 3.65. The molecule has 18 heavy (non-hydrogen) atoms. The lowest BCUT2D eigenvalue weighted by atomic mass is 10.0. The van der Waals surface area contributed by atoms with E-state index in [0.29, 0.717) is 0 Å². The number of rotatable bonds is 3. The van der Waals surface area contributed by atoms with E-state index in [1.165, 1.54) is 22.2 Å². The van der Waals surface area contributed by atoms with Crippen molar-refractivity contribution in [2.24, 2.45) is 0 Å². The second-order valence-corrected chi connectivity index (χ2v) is 5.31. The molecule has 0 bridgehead atoms. The Morgan fingerprint density at radius 1 is 1.39 bits per heavy atom. The van der Waals surface area contributed by atoms with E-state index in [0.717, 1.165) is 37.5 Å². The van der Waals surface area contributed by atoms with Crippen LogP contribution in [0.1, 0.15) is 17.7 Å². The van der Waals surface area contributed by atoms with E-state index in [1.807, 2.05) is 18.2 Å². The first-order valence-corrected chi connectivity index (χ1v) is 6.78. The van der Waals surface area contributed by atoms with E-state index >= 15 is 0 Å². The second kappa shape index (κ2) is 4.92. The van der Waals surface area contributed by atoms with Crippen LogP contribution in [-0.4, -0.2) is 34.7 Å². The summed E-state index contributed by atoms with van der Waals surface area (Å²) in [5.41, 5.74) is 3.89. The Hall–Kier alpha value is -1.03. The van der Waals surface area contributed by atoms with E-state index in [4.69, 9.17) is 16.7 Å². The fourth-order valence-electron chi connectivity index (χ4n) is 2.73. The summed E-state index contributed by atoms with van der Waals surface area (Å²) >= 11 is 6.08. The normalized spacial score (nSPS) is 16.1. The minimum absolute atomic E-state index is 0.267. The van der Waals surface area contributed by atoms with Gasteiger partial charge in [-0.3, -0.25) is 4.90 Å². The first-order valence-electron chi connectivity index (χ1n) is 6.40. The van der Waals surface area contributed by atoms with Crippen LogP contribution in [0.2, 0.25) is 5.02 Å². The molecule has 0 radical (unpaired) electrons. The summed E-state index contributed by atoms with van der Waals surface area (Å²) in [5.74, 6) is 0. The van der Waals surface area contributed by atoms with Gasteiger partial charge in [-0.1, -0.05) is 11.6 Å². The molecule has 96 valence electrons. The van der Waals surface area contributed by atoms with E-state index in [9.17, 15) is 0 Å². The van der Waals surface area contributed by atoms with Crippen molar-refractivity contribution in [1.29, 1.82) is 0 Å². The number of nitrogens with zero attached hydrogens (tertiary/aromatic N) is 1. The molecule has 0 aliphatic carbocycles. The first kappa shape index (κ1) is 12.0. The van der Waals surface area contributed by atoms with Gasteiger partial charge in [-0.2, -0.15) is 0 Å². The summed E-state index contributed by atoms with van der Waals surface area (Å²) in [4.78, 5) is 5.88. The number of aromatic amines is 1. The molecule has 3 nitrogen and oxygen atoms in total. The van der Waals surface area contributed by atoms with Gasteiger partial charge in [-0.25, -0.2) is 0 Å². The molecule has 0 saturated heterocycles. The van der Waals surface area contributed by atoms with Gasteiger partial charge >= 0.3 is 0 Å². The Morgan fingerprint density at radius 2 is 2.28 bits per heavy atom. The van der Waals surface area contributed by atoms with Gasteiger partial charge in [-0.05, 0) is 30.2 Å². The molecule has 1 aromatic heterocycles. The second-order valence-electron chi connectivity index (χ2n) is 4.88. The summed E-state index contributed by atoms with van der Waals surface area (Å²) in [6, 6.07) is 6.02. The molecule has 1 aromatic carbocycles. The molecule has 0 atom stereocenters. The summed E-state index contributed by atoms with van der Waals surface area (Å²) in [6.45, 7) is 3.25. The Morgan fingerprint density at radius 3 is 3.11 bits per heavy atom. The zero-order valence-electron chi connectivity index (χ0n) is 10.2. The van der Waals surface area contributed by atoms with Crippen molar-refractivity contribution in [3.63, 3.8) is 0 Å². The minimum atomic E-state index is 0.267. The lowest BCUT2D eigenvalue weighted by Gasteiger charge is -2.26. The first-order chi connectivity index (χ1) is 8.78. The van der Waals surface area contributed by atoms with Gasteiger partial charge in [0, 0.05) is 54.3 Å². The van der Waals surface area contributed by atoms with Crippen LogP contribution in [-0.2, 0) is 13.0 Å². The molecule has 2 aromatic rings. The Balaban J connectivity index is 1.93. The number of H-pyrrole nitrogens is 1. The van der Waals surface area contributed by atoms with Crippen LogP contribution in [0.4, 0.5) is 0 Å². The molecule has 0 spiro atoms. The van der Waals surface area contributed by atoms with Crippen LogP contribution < -0.4 is 0 Å². The molecule has 2 N–H and O–H groups in total. The van der Waals surface area contributed by atoms with Crippen molar-refractivity contribution in [2.45, 2.75) is 19.4 Å². The molecule has 1 aliphatic heterocycles. The third kappa shape index (κ3) is 2.14. The average Bonchev–Trinajstić information content (AvgIpc) is 2.74. The highest BCUT2D eigenvalue weighted by molar-refractivity contribution is 6.31. The lowest BCUT2D eigenvalue weighted by molar-refractivity contribution is 0.212. The van der Waals surface area contributed by atoms with Gasteiger partial charge in [0.15, 0.2) is 0 Å². The van der Waals surface area contributed by atoms with Crippen LogP contribution in [0.25, 0.3) is 10.9 Å². The van der Waals surface area contributed by atoms with Crippen LogP contribution in [0.3, 0.4) is 0 Å². The summed E-state index contributed by atoms with van der Waals surface area (Å²) in [7, 11) is 0.